The maximum atomic E-state index is 12.4. The lowest BCUT2D eigenvalue weighted by molar-refractivity contribution is -0.136. The number of hydrogen-bond acceptors (Lipinski definition) is 3. The quantitative estimate of drug-likeness (QED) is 0.885. The minimum absolute atomic E-state index is 0. The summed E-state index contributed by atoms with van der Waals surface area (Å²) in [6.07, 6.45) is 0.298. The number of likely N-dealkylation sites (tertiary alicyclic amines) is 1. The highest BCUT2D eigenvalue weighted by molar-refractivity contribution is 5.89. The molecule has 1 aromatic carbocycles. The van der Waals surface area contributed by atoms with Crippen molar-refractivity contribution in [3.05, 3.63) is 35.4 Å². The molecule has 2 unspecified atom stereocenters. The summed E-state index contributed by atoms with van der Waals surface area (Å²) in [5.74, 6) is -0.192. The van der Waals surface area contributed by atoms with Crippen LogP contribution in [0.25, 0.3) is 0 Å². The number of aryl methyl sites for hydroxylation is 1. The number of rotatable bonds is 5. The maximum absolute atomic E-state index is 12.4. The molecule has 1 aromatic rings. The van der Waals surface area contributed by atoms with Gasteiger partial charge in [-0.2, -0.15) is 0 Å². The van der Waals surface area contributed by atoms with Gasteiger partial charge in [0.15, 0.2) is 0 Å². The number of nitrogens with two attached hydrogens (primary N) is 1. The second-order valence-electron chi connectivity index (χ2n) is 6.19. The summed E-state index contributed by atoms with van der Waals surface area (Å²) >= 11 is 0. The molecule has 1 saturated heterocycles. The fourth-order valence-corrected chi connectivity index (χ4v) is 2.67. The van der Waals surface area contributed by atoms with E-state index in [9.17, 15) is 9.59 Å². The molecule has 23 heavy (non-hydrogen) atoms. The van der Waals surface area contributed by atoms with Gasteiger partial charge in [0.1, 0.15) is 0 Å². The van der Waals surface area contributed by atoms with Crippen molar-refractivity contribution in [3.63, 3.8) is 0 Å². The zero-order chi connectivity index (χ0) is 16.3. The Morgan fingerprint density at radius 2 is 2.00 bits per heavy atom. The summed E-state index contributed by atoms with van der Waals surface area (Å²) in [6, 6.07) is 8.12. The van der Waals surface area contributed by atoms with E-state index in [2.05, 4.69) is 0 Å². The van der Waals surface area contributed by atoms with Crippen LogP contribution in [0.5, 0.6) is 0 Å². The molecule has 1 aliphatic rings. The molecule has 0 bridgehead atoms. The molecule has 1 aliphatic heterocycles. The third-order valence-corrected chi connectivity index (χ3v) is 4.41. The van der Waals surface area contributed by atoms with Gasteiger partial charge in [0.25, 0.3) is 0 Å². The summed E-state index contributed by atoms with van der Waals surface area (Å²) in [7, 11) is 1.76. The second kappa shape index (κ2) is 8.31. The Morgan fingerprint density at radius 3 is 2.57 bits per heavy atom. The van der Waals surface area contributed by atoms with Crippen LogP contribution < -0.4 is 5.73 Å². The first kappa shape index (κ1) is 19.5. The molecule has 2 rings (SSSR count). The molecule has 1 heterocycles. The van der Waals surface area contributed by atoms with Crippen LogP contribution in [0.1, 0.15) is 24.5 Å². The molecule has 0 aromatic heterocycles. The highest BCUT2D eigenvalue weighted by Crippen LogP contribution is 2.22. The lowest BCUT2D eigenvalue weighted by atomic mass is 10.1. The van der Waals surface area contributed by atoms with Crippen molar-refractivity contribution >= 4 is 24.2 Å². The van der Waals surface area contributed by atoms with Crippen LogP contribution >= 0.6 is 12.4 Å². The summed E-state index contributed by atoms with van der Waals surface area (Å²) in [6.45, 7) is 5.44. The van der Waals surface area contributed by atoms with E-state index in [1.54, 1.807) is 16.8 Å². The molecule has 2 atom stereocenters. The van der Waals surface area contributed by atoms with Crippen LogP contribution in [-0.2, 0) is 16.1 Å². The Morgan fingerprint density at radius 1 is 1.39 bits per heavy atom. The highest BCUT2D eigenvalue weighted by atomic mass is 35.5. The van der Waals surface area contributed by atoms with Crippen molar-refractivity contribution in [2.75, 3.05) is 20.1 Å². The minimum atomic E-state index is -0.253. The van der Waals surface area contributed by atoms with Crippen molar-refractivity contribution in [1.82, 2.24) is 9.80 Å². The predicted molar refractivity (Wildman–Crippen MR) is 93.2 cm³/mol. The molecule has 0 spiro atoms. The van der Waals surface area contributed by atoms with E-state index in [1.807, 2.05) is 38.1 Å². The minimum Gasteiger partial charge on any atom is -0.341 e. The Balaban J connectivity index is 0.00000264. The standard InChI is InChI=1S/C17H25N3O2.ClH/c1-12-4-6-14(7-5-12)10-20-11-15(8-16(20)21)17(22)19(3)13(2)9-18;/h4-7,13,15H,8-11,18H2,1-3H3;1H. The van der Waals surface area contributed by atoms with Crippen LogP contribution in [0.4, 0.5) is 0 Å². The summed E-state index contributed by atoms with van der Waals surface area (Å²) in [5.41, 5.74) is 7.90. The lowest BCUT2D eigenvalue weighted by Gasteiger charge is -2.26. The van der Waals surface area contributed by atoms with Gasteiger partial charge in [-0.3, -0.25) is 9.59 Å². The number of nitrogens with zero attached hydrogens (tertiary/aromatic N) is 2. The van der Waals surface area contributed by atoms with Crippen molar-refractivity contribution in [2.45, 2.75) is 32.9 Å². The molecular weight excluding hydrogens is 314 g/mol. The monoisotopic (exact) mass is 339 g/mol. The molecule has 2 N–H and O–H groups in total. The molecule has 5 nitrogen and oxygen atoms in total. The Kier molecular flexibility index (Phi) is 7.03. The topological polar surface area (TPSA) is 66.6 Å². The molecule has 1 fully saturated rings. The fourth-order valence-electron chi connectivity index (χ4n) is 2.67. The van der Waals surface area contributed by atoms with E-state index in [0.29, 0.717) is 26.1 Å². The van der Waals surface area contributed by atoms with E-state index in [1.165, 1.54) is 5.56 Å². The normalized spacial score (nSPS) is 18.5. The molecule has 2 amide bonds. The first-order valence-corrected chi connectivity index (χ1v) is 7.72. The van der Waals surface area contributed by atoms with Crippen molar-refractivity contribution in [2.24, 2.45) is 11.7 Å². The average molecular weight is 340 g/mol. The number of amides is 2. The van der Waals surface area contributed by atoms with E-state index in [0.717, 1.165) is 5.56 Å². The zero-order valence-corrected chi connectivity index (χ0v) is 14.8. The van der Waals surface area contributed by atoms with Gasteiger partial charge in [0, 0.05) is 39.1 Å². The third-order valence-electron chi connectivity index (χ3n) is 4.41. The molecule has 0 aliphatic carbocycles. The van der Waals surface area contributed by atoms with Crippen molar-refractivity contribution in [1.29, 1.82) is 0 Å². The molecule has 128 valence electrons. The summed E-state index contributed by atoms with van der Waals surface area (Å²) < 4.78 is 0. The van der Waals surface area contributed by atoms with E-state index in [-0.39, 0.29) is 36.2 Å². The average Bonchev–Trinajstić information content (AvgIpc) is 2.88. The first-order valence-electron chi connectivity index (χ1n) is 7.72. The molecule has 6 heteroatoms. The highest BCUT2D eigenvalue weighted by Gasteiger charge is 2.36. The Bertz CT molecular complexity index is 547. The third kappa shape index (κ3) is 4.69. The first-order chi connectivity index (χ1) is 10.4. The number of carbonyl (C=O) groups is 2. The zero-order valence-electron chi connectivity index (χ0n) is 14.0. The summed E-state index contributed by atoms with van der Waals surface area (Å²) in [5, 5.41) is 0. The molecule has 0 saturated carbocycles. The fraction of sp³-hybridized carbons (Fsp3) is 0.529. The summed E-state index contributed by atoms with van der Waals surface area (Å²) in [4.78, 5) is 28.0. The smallest absolute Gasteiger partial charge is 0.228 e. The number of likely N-dealkylation sites (N-methyl/N-ethyl adjacent to an activating group) is 1. The van der Waals surface area contributed by atoms with E-state index >= 15 is 0 Å². The largest absolute Gasteiger partial charge is 0.341 e. The van der Waals surface area contributed by atoms with Gasteiger partial charge in [-0.25, -0.2) is 0 Å². The van der Waals surface area contributed by atoms with Gasteiger partial charge >= 0.3 is 0 Å². The Labute approximate surface area is 144 Å². The van der Waals surface area contributed by atoms with E-state index < -0.39 is 0 Å². The number of halogens is 1. The number of carbonyl (C=O) groups excluding carboxylic acids is 2. The predicted octanol–water partition coefficient (Wildman–Crippen LogP) is 1.57. The second-order valence-corrected chi connectivity index (χ2v) is 6.19. The van der Waals surface area contributed by atoms with E-state index in [4.69, 9.17) is 5.73 Å². The molecular formula is C17H26ClN3O2. The SMILES string of the molecule is Cc1ccc(CN2CC(C(=O)N(C)C(C)CN)CC2=O)cc1.Cl. The van der Waals surface area contributed by atoms with Crippen LogP contribution in [-0.4, -0.2) is 47.8 Å². The van der Waals surface area contributed by atoms with Gasteiger partial charge in [0.05, 0.1) is 5.92 Å². The van der Waals surface area contributed by atoms with Crippen LogP contribution in [0.2, 0.25) is 0 Å². The van der Waals surface area contributed by atoms with Gasteiger partial charge in [-0.15, -0.1) is 12.4 Å². The molecule has 0 radical (unpaired) electrons. The van der Waals surface area contributed by atoms with Gasteiger partial charge in [-0.05, 0) is 19.4 Å². The van der Waals surface area contributed by atoms with Gasteiger partial charge in [0.2, 0.25) is 11.8 Å². The number of benzene rings is 1. The van der Waals surface area contributed by atoms with Gasteiger partial charge in [-0.1, -0.05) is 29.8 Å². The Hall–Kier alpha value is -1.59. The van der Waals surface area contributed by atoms with Gasteiger partial charge < -0.3 is 15.5 Å². The van der Waals surface area contributed by atoms with Crippen molar-refractivity contribution in [3.8, 4) is 0 Å². The lowest BCUT2D eigenvalue weighted by Crippen LogP contribution is -2.43. The van der Waals surface area contributed by atoms with Crippen LogP contribution in [0, 0.1) is 12.8 Å². The van der Waals surface area contributed by atoms with Crippen molar-refractivity contribution < 1.29 is 9.59 Å². The van der Waals surface area contributed by atoms with Crippen LogP contribution in [0.3, 0.4) is 0 Å². The van der Waals surface area contributed by atoms with Crippen LogP contribution in [0.15, 0.2) is 24.3 Å². The number of hydrogen-bond donors (Lipinski definition) is 1. The maximum Gasteiger partial charge on any atom is 0.228 e.